The number of aromatic nitrogens is 1. The van der Waals surface area contributed by atoms with E-state index in [-0.39, 0.29) is 18.1 Å². The molecule has 0 saturated heterocycles. The highest BCUT2D eigenvalue weighted by Gasteiger charge is 2.08. The number of hydrogen-bond acceptors (Lipinski definition) is 3. The Hall–Kier alpha value is -3.21. The first-order valence-electron chi connectivity index (χ1n) is 8.87. The molecule has 0 unspecified atom stereocenters. The molecule has 0 fully saturated rings. The van der Waals surface area contributed by atoms with Crippen LogP contribution in [0.15, 0.2) is 66.9 Å². The summed E-state index contributed by atoms with van der Waals surface area (Å²) >= 11 is 0. The minimum absolute atomic E-state index is 0.170. The van der Waals surface area contributed by atoms with Gasteiger partial charge in [0.2, 0.25) is 5.91 Å². The SMILES string of the molecule is CC(C)c1ccccc1Nc1ccc(NC(=O)Cc2ccc(F)cc2)nc1. The largest absolute Gasteiger partial charge is 0.354 e. The number of nitrogens with one attached hydrogen (secondary N) is 2. The average Bonchev–Trinajstić information content (AvgIpc) is 2.65. The number of para-hydroxylation sites is 1. The molecule has 1 amide bonds. The second kappa shape index (κ2) is 8.45. The van der Waals surface area contributed by atoms with Crippen molar-refractivity contribution in [2.24, 2.45) is 0 Å². The molecular weight excluding hydrogens is 341 g/mol. The van der Waals surface area contributed by atoms with Gasteiger partial charge in [0.25, 0.3) is 0 Å². The van der Waals surface area contributed by atoms with Crippen molar-refractivity contribution in [2.75, 3.05) is 10.6 Å². The normalized spacial score (nSPS) is 10.7. The maximum atomic E-state index is 12.9. The van der Waals surface area contributed by atoms with E-state index in [9.17, 15) is 9.18 Å². The van der Waals surface area contributed by atoms with Crippen LogP contribution in [0.5, 0.6) is 0 Å². The van der Waals surface area contributed by atoms with E-state index in [0.29, 0.717) is 11.7 Å². The number of nitrogens with zero attached hydrogens (tertiary/aromatic N) is 1. The molecule has 3 aromatic rings. The number of anilines is 3. The lowest BCUT2D eigenvalue weighted by atomic mass is 10.0. The van der Waals surface area contributed by atoms with Gasteiger partial charge in [0.1, 0.15) is 11.6 Å². The Balaban J connectivity index is 1.62. The van der Waals surface area contributed by atoms with Gasteiger partial charge >= 0.3 is 0 Å². The van der Waals surface area contributed by atoms with Gasteiger partial charge in [-0.3, -0.25) is 4.79 Å². The highest BCUT2D eigenvalue weighted by atomic mass is 19.1. The Labute approximate surface area is 158 Å². The lowest BCUT2D eigenvalue weighted by molar-refractivity contribution is -0.115. The molecule has 1 heterocycles. The molecule has 0 spiro atoms. The van der Waals surface area contributed by atoms with E-state index in [1.54, 1.807) is 24.4 Å². The lowest BCUT2D eigenvalue weighted by Gasteiger charge is -2.14. The van der Waals surface area contributed by atoms with Gasteiger partial charge in [-0.05, 0) is 47.4 Å². The number of halogens is 1. The van der Waals surface area contributed by atoms with E-state index in [1.807, 2.05) is 24.3 Å². The summed E-state index contributed by atoms with van der Waals surface area (Å²) in [5.74, 6) is 0.374. The van der Waals surface area contributed by atoms with Gasteiger partial charge in [0.15, 0.2) is 0 Å². The first-order chi connectivity index (χ1) is 13.0. The van der Waals surface area contributed by atoms with Crippen LogP contribution < -0.4 is 10.6 Å². The number of pyridine rings is 1. The zero-order valence-electron chi connectivity index (χ0n) is 15.4. The van der Waals surface area contributed by atoms with E-state index in [1.165, 1.54) is 17.7 Å². The summed E-state index contributed by atoms with van der Waals surface area (Å²) in [6.07, 6.45) is 1.86. The topological polar surface area (TPSA) is 54.0 Å². The summed E-state index contributed by atoms with van der Waals surface area (Å²) < 4.78 is 12.9. The fourth-order valence-electron chi connectivity index (χ4n) is 2.79. The molecule has 0 aliphatic carbocycles. The van der Waals surface area contributed by atoms with Crippen molar-refractivity contribution in [1.29, 1.82) is 0 Å². The number of benzene rings is 2. The number of amides is 1. The van der Waals surface area contributed by atoms with E-state index in [0.717, 1.165) is 16.9 Å². The quantitative estimate of drug-likeness (QED) is 0.627. The summed E-state index contributed by atoms with van der Waals surface area (Å²) in [5.41, 5.74) is 3.87. The number of carbonyl (C=O) groups is 1. The Kier molecular flexibility index (Phi) is 5.81. The Morgan fingerprint density at radius 3 is 2.44 bits per heavy atom. The number of rotatable bonds is 6. The van der Waals surface area contributed by atoms with Crippen molar-refractivity contribution in [3.05, 3.63) is 83.8 Å². The van der Waals surface area contributed by atoms with E-state index in [2.05, 4.69) is 35.5 Å². The van der Waals surface area contributed by atoms with Crippen molar-refractivity contribution < 1.29 is 9.18 Å². The third-order valence-electron chi connectivity index (χ3n) is 4.17. The molecule has 0 radical (unpaired) electrons. The Bertz CT molecular complexity index is 906. The summed E-state index contributed by atoms with van der Waals surface area (Å²) in [6.45, 7) is 4.30. The van der Waals surface area contributed by atoms with Crippen LogP contribution >= 0.6 is 0 Å². The Morgan fingerprint density at radius 2 is 1.78 bits per heavy atom. The third-order valence-corrected chi connectivity index (χ3v) is 4.17. The molecule has 138 valence electrons. The highest BCUT2D eigenvalue weighted by molar-refractivity contribution is 5.91. The molecule has 3 rings (SSSR count). The molecule has 2 N–H and O–H groups in total. The van der Waals surface area contributed by atoms with Crippen LogP contribution in [0.1, 0.15) is 30.9 Å². The van der Waals surface area contributed by atoms with E-state index < -0.39 is 0 Å². The zero-order valence-corrected chi connectivity index (χ0v) is 15.4. The van der Waals surface area contributed by atoms with Crippen LogP contribution in [-0.4, -0.2) is 10.9 Å². The van der Waals surface area contributed by atoms with Gasteiger partial charge in [0.05, 0.1) is 18.3 Å². The molecular formula is C22H22FN3O. The van der Waals surface area contributed by atoms with Crippen molar-refractivity contribution in [3.63, 3.8) is 0 Å². The van der Waals surface area contributed by atoms with Crippen molar-refractivity contribution in [2.45, 2.75) is 26.2 Å². The van der Waals surface area contributed by atoms with Gasteiger partial charge in [-0.25, -0.2) is 9.37 Å². The lowest BCUT2D eigenvalue weighted by Crippen LogP contribution is -2.15. The fraction of sp³-hybridized carbons (Fsp3) is 0.182. The predicted molar refractivity (Wildman–Crippen MR) is 107 cm³/mol. The molecule has 4 nitrogen and oxygen atoms in total. The molecule has 0 atom stereocenters. The molecule has 5 heteroatoms. The van der Waals surface area contributed by atoms with Gasteiger partial charge < -0.3 is 10.6 Å². The fourth-order valence-corrected chi connectivity index (χ4v) is 2.79. The van der Waals surface area contributed by atoms with Gasteiger partial charge in [-0.2, -0.15) is 0 Å². The summed E-state index contributed by atoms with van der Waals surface area (Å²) in [7, 11) is 0. The predicted octanol–water partition coefficient (Wildman–Crippen LogP) is 5.27. The molecule has 0 aliphatic heterocycles. The summed E-state index contributed by atoms with van der Waals surface area (Å²) in [4.78, 5) is 16.4. The Morgan fingerprint density at radius 1 is 1.04 bits per heavy atom. The van der Waals surface area contributed by atoms with Crippen molar-refractivity contribution in [1.82, 2.24) is 4.98 Å². The smallest absolute Gasteiger partial charge is 0.229 e. The van der Waals surface area contributed by atoms with Crippen LogP contribution in [0.25, 0.3) is 0 Å². The highest BCUT2D eigenvalue weighted by Crippen LogP contribution is 2.26. The van der Waals surface area contributed by atoms with E-state index in [4.69, 9.17) is 0 Å². The third kappa shape index (κ3) is 5.14. The van der Waals surface area contributed by atoms with Crippen LogP contribution in [0.2, 0.25) is 0 Å². The molecule has 0 saturated carbocycles. The van der Waals surface area contributed by atoms with Crippen molar-refractivity contribution in [3.8, 4) is 0 Å². The van der Waals surface area contributed by atoms with Crippen LogP contribution in [-0.2, 0) is 11.2 Å². The van der Waals surface area contributed by atoms with Gasteiger partial charge in [-0.1, -0.05) is 44.2 Å². The molecule has 0 aliphatic rings. The maximum Gasteiger partial charge on any atom is 0.229 e. The average molecular weight is 363 g/mol. The second-order valence-electron chi connectivity index (χ2n) is 6.65. The summed E-state index contributed by atoms with van der Waals surface area (Å²) in [5, 5.41) is 6.12. The molecule has 1 aromatic heterocycles. The van der Waals surface area contributed by atoms with Gasteiger partial charge in [0, 0.05) is 5.69 Å². The van der Waals surface area contributed by atoms with Crippen molar-refractivity contribution >= 4 is 23.1 Å². The minimum Gasteiger partial charge on any atom is -0.354 e. The molecule has 27 heavy (non-hydrogen) atoms. The van der Waals surface area contributed by atoms with E-state index >= 15 is 0 Å². The zero-order chi connectivity index (χ0) is 19.2. The van der Waals surface area contributed by atoms with Crippen LogP contribution in [0.3, 0.4) is 0 Å². The molecule has 0 bridgehead atoms. The monoisotopic (exact) mass is 363 g/mol. The van der Waals surface area contributed by atoms with Crippen LogP contribution in [0.4, 0.5) is 21.6 Å². The van der Waals surface area contributed by atoms with Gasteiger partial charge in [-0.15, -0.1) is 0 Å². The first-order valence-corrected chi connectivity index (χ1v) is 8.87. The number of carbonyl (C=O) groups excluding carboxylic acids is 1. The first kappa shape index (κ1) is 18.6. The minimum atomic E-state index is -0.317. The molecule has 2 aromatic carbocycles. The second-order valence-corrected chi connectivity index (χ2v) is 6.65. The number of hydrogen-bond donors (Lipinski definition) is 2. The van der Waals surface area contributed by atoms with Crippen LogP contribution in [0, 0.1) is 5.82 Å². The maximum absolute atomic E-state index is 12.9. The summed E-state index contributed by atoms with van der Waals surface area (Å²) in [6, 6.07) is 17.7. The standard InChI is InChI=1S/C22H22FN3O/c1-15(2)19-5-3-4-6-20(19)25-18-11-12-21(24-14-18)26-22(27)13-16-7-9-17(23)10-8-16/h3-12,14-15,25H,13H2,1-2H3,(H,24,26,27).